The molecule has 0 radical (unpaired) electrons. The molecular formula is C95H93FN2. The van der Waals surface area contributed by atoms with Gasteiger partial charge >= 0.3 is 0 Å². The average Bonchev–Trinajstić information content (AvgIpc) is 1.59. The van der Waals surface area contributed by atoms with Crippen molar-refractivity contribution in [1.29, 1.82) is 5.26 Å². The summed E-state index contributed by atoms with van der Waals surface area (Å²) < 4.78 is 12.3. The zero-order valence-corrected chi connectivity index (χ0v) is 59.2. The Labute approximate surface area is 585 Å². The average molecular weight is 1280 g/mol. The summed E-state index contributed by atoms with van der Waals surface area (Å²) in [7, 11) is 0. The molecule has 1 aliphatic rings. The molecule has 1 heterocycles. The van der Waals surface area contributed by atoms with Crippen molar-refractivity contribution in [2.24, 2.45) is 0 Å². The molecule has 1 aromatic heterocycles. The van der Waals surface area contributed by atoms with E-state index in [1.54, 1.807) is 25.3 Å². The number of pyridine rings is 1. The van der Waals surface area contributed by atoms with E-state index in [1.807, 2.05) is 86.8 Å². The molecule has 13 aromatic carbocycles. The van der Waals surface area contributed by atoms with Gasteiger partial charge in [0.1, 0.15) is 5.82 Å². The zero-order chi connectivity index (χ0) is 70.1. The van der Waals surface area contributed by atoms with E-state index in [0.717, 1.165) is 5.56 Å². The van der Waals surface area contributed by atoms with Crippen LogP contribution in [0, 0.1) is 86.4 Å². The van der Waals surface area contributed by atoms with Crippen LogP contribution in [0.2, 0.25) is 0 Å². The molecule has 0 bridgehead atoms. The van der Waals surface area contributed by atoms with Gasteiger partial charge in [-0.2, -0.15) is 5.26 Å². The van der Waals surface area contributed by atoms with Gasteiger partial charge in [-0.3, -0.25) is 4.98 Å². The molecule has 0 N–H and O–H groups in total. The smallest absolute Gasteiger partial charge is 0.126 e. The van der Waals surface area contributed by atoms with E-state index in [1.165, 1.54) is 123 Å². The second kappa shape index (κ2) is 38.9. The van der Waals surface area contributed by atoms with Gasteiger partial charge in [0, 0.05) is 17.8 Å². The summed E-state index contributed by atoms with van der Waals surface area (Å²) in [6.45, 7) is 25.2. The Hall–Kier alpha value is -11.3. The second-order valence-electron chi connectivity index (χ2n) is 25.1. The molecule has 2 nitrogen and oxygen atoms in total. The number of rotatable bonds is 3. The van der Waals surface area contributed by atoms with Crippen LogP contribution in [-0.4, -0.2) is 4.98 Å². The Morgan fingerprint density at radius 1 is 0.286 bits per heavy atom. The van der Waals surface area contributed by atoms with Crippen molar-refractivity contribution >= 4 is 10.8 Å². The predicted molar refractivity (Wildman–Crippen MR) is 419 cm³/mol. The molecule has 0 spiro atoms. The minimum Gasteiger partial charge on any atom is -0.264 e. The number of nitriles is 1. The van der Waals surface area contributed by atoms with Gasteiger partial charge in [0.05, 0.1) is 11.6 Å². The number of fused-ring (bicyclic) bond motifs is 4. The molecule has 0 atom stereocenters. The number of halogens is 1. The van der Waals surface area contributed by atoms with Crippen molar-refractivity contribution in [1.82, 2.24) is 4.98 Å². The standard InChI is InChI=1S/C19H16.C16H16.C13H12.C11H10.C8H7N.C8H10.C7H7F.C7H8.C6H7N/c1-15-12-13-18(16-8-4-2-5-9-16)14-19(15)17-10-6-3-7-11-17;1-11-8-9-13-12-6-4-5-7-14(12)16(2,3)15(13)10-11;1-11-6-5-9-13(10-11)12-7-3-2-4-8-12;1-9-6-7-10-4-2-3-5-11(10)8-9;1-7-2-4-8(6-9)5-3-7;1-7-3-5-8(2)6-4-7;1-6-4-2-3-5-7(6)8;1-7-5-3-2-4-6-7;1-6-3-2-4-7-5-6/h2-14H,1H3;4-10H,1-3H3;2-10H,1H3;2-8H,1H3;2-5H,1H3;3-6H,1-2H3;2-5H,1H3;2-6H,1H3;2-5H,1H3. The first kappa shape index (κ1) is 74.1. The maximum absolute atomic E-state index is 12.3. The normalized spacial score (nSPS) is 10.6. The Balaban J connectivity index is 0.000000159. The van der Waals surface area contributed by atoms with Crippen molar-refractivity contribution in [3.63, 3.8) is 0 Å². The lowest BCUT2D eigenvalue weighted by molar-refractivity contribution is 0.618. The van der Waals surface area contributed by atoms with Crippen LogP contribution in [0.25, 0.3) is 55.3 Å². The summed E-state index contributed by atoms with van der Waals surface area (Å²) in [5.74, 6) is -0.132. The van der Waals surface area contributed by atoms with Crippen LogP contribution in [0.4, 0.5) is 4.39 Å². The van der Waals surface area contributed by atoms with Crippen LogP contribution < -0.4 is 0 Å². The Morgan fingerprint density at radius 3 is 1.22 bits per heavy atom. The van der Waals surface area contributed by atoms with E-state index in [9.17, 15) is 4.39 Å². The van der Waals surface area contributed by atoms with Crippen LogP contribution in [0.15, 0.2) is 346 Å². The first-order chi connectivity index (χ1) is 47.4. The largest absolute Gasteiger partial charge is 0.264 e. The molecule has 0 unspecified atom stereocenters. The van der Waals surface area contributed by atoms with Crippen LogP contribution in [0.3, 0.4) is 0 Å². The minimum absolute atomic E-state index is 0.132. The van der Waals surface area contributed by atoms with Crippen molar-refractivity contribution < 1.29 is 4.39 Å². The number of aromatic nitrogens is 1. The van der Waals surface area contributed by atoms with E-state index >= 15 is 0 Å². The molecule has 0 aliphatic heterocycles. The van der Waals surface area contributed by atoms with E-state index in [4.69, 9.17) is 5.26 Å². The zero-order valence-electron chi connectivity index (χ0n) is 59.2. The third-order valence-electron chi connectivity index (χ3n) is 16.4. The second-order valence-corrected chi connectivity index (χ2v) is 25.1. The highest BCUT2D eigenvalue weighted by Gasteiger charge is 2.34. The third kappa shape index (κ3) is 24.2. The van der Waals surface area contributed by atoms with Crippen molar-refractivity contribution in [3.05, 3.63) is 424 Å². The first-order valence-electron chi connectivity index (χ1n) is 33.5. The maximum Gasteiger partial charge on any atom is 0.126 e. The number of aryl methyl sites for hydroxylation is 10. The molecule has 1 aliphatic carbocycles. The predicted octanol–water partition coefficient (Wildman–Crippen LogP) is 26.1. The quantitative estimate of drug-likeness (QED) is 0.177. The Morgan fingerprint density at radius 2 is 0.714 bits per heavy atom. The summed E-state index contributed by atoms with van der Waals surface area (Å²) in [6, 6.07) is 116. The van der Waals surface area contributed by atoms with E-state index in [0.29, 0.717) is 5.56 Å². The van der Waals surface area contributed by atoms with Crippen LogP contribution in [-0.2, 0) is 5.41 Å². The molecule has 15 rings (SSSR count). The van der Waals surface area contributed by atoms with Gasteiger partial charge in [-0.1, -0.05) is 356 Å². The molecule has 490 valence electrons. The third-order valence-corrected chi connectivity index (χ3v) is 16.4. The molecule has 3 heteroatoms. The minimum atomic E-state index is -0.132. The fourth-order valence-corrected chi connectivity index (χ4v) is 10.7. The fraction of sp³-hybridized carbons (Fsp3) is 0.137. The summed E-state index contributed by atoms with van der Waals surface area (Å²) >= 11 is 0. The van der Waals surface area contributed by atoms with Gasteiger partial charge in [-0.15, -0.1) is 0 Å². The lowest BCUT2D eigenvalue weighted by Crippen LogP contribution is -2.14. The van der Waals surface area contributed by atoms with Gasteiger partial charge < -0.3 is 0 Å². The van der Waals surface area contributed by atoms with Crippen LogP contribution >= 0.6 is 0 Å². The maximum atomic E-state index is 12.3. The SMILES string of the molecule is Cc1ccc(-c2ccccc2)cc1-c1ccccc1.Cc1ccc(C#N)cc1.Cc1ccc(C)cc1.Cc1ccc2c(c1)C(C)(C)c1ccccc1-2.Cc1ccc2ccccc2c1.Cc1cccc(-c2ccccc2)c1.Cc1ccccc1.Cc1ccccc1F.Cc1cccnc1. The van der Waals surface area contributed by atoms with Gasteiger partial charge in [0.2, 0.25) is 0 Å². The van der Waals surface area contributed by atoms with Crippen LogP contribution in [0.5, 0.6) is 0 Å². The Kier molecular flexibility index (Phi) is 29.4. The topological polar surface area (TPSA) is 36.7 Å². The van der Waals surface area contributed by atoms with Gasteiger partial charge in [-0.25, -0.2) is 4.39 Å². The Bertz CT molecular complexity index is 4590. The highest BCUT2D eigenvalue weighted by atomic mass is 19.1. The lowest BCUT2D eigenvalue weighted by atomic mass is 9.82. The van der Waals surface area contributed by atoms with E-state index < -0.39 is 0 Å². The van der Waals surface area contributed by atoms with Crippen molar-refractivity contribution in [3.8, 4) is 50.6 Å². The summed E-state index contributed by atoms with van der Waals surface area (Å²) in [5.41, 5.74) is 26.7. The summed E-state index contributed by atoms with van der Waals surface area (Å²) in [4.78, 5) is 3.88. The van der Waals surface area contributed by atoms with Crippen molar-refractivity contribution in [2.75, 3.05) is 0 Å². The van der Waals surface area contributed by atoms with E-state index in [2.05, 4.69) is 322 Å². The van der Waals surface area contributed by atoms with Gasteiger partial charge in [-0.05, 0) is 183 Å². The van der Waals surface area contributed by atoms with Crippen LogP contribution in [0.1, 0.15) is 86.2 Å². The molecule has 14 aromatic rings. The molecule has 0 saturated carbocycles. The highest BCUT2D eigenvalue weighted by Crippen LogP contribution is 2.48. The monoisotopic (exact) mass is 1280 g/mol. The summed E-state index contributed by atoms with van der Waals surface area (Å²) in [6.07, 6.45) is 3.60. The summed E-state index contributed by atoms with van der Waals surface area (Å²) in [5, 5.41) is 11.0. The molecule has 0 saturated heterocycles. The van der Waals surface area contributed by atoms with E-state index in [-0.39, 0.29) is 11.2 Å². The number of benzene rings is 13. The lowest BCUT2D eigenvalue weighted by Gasteiger charge is -2.21. The van der Waals surface area contributed by atoms with Crippen molar-refractivity contribution in [2.45, 2.75) is 88.5 Å². The molecule has 0 fully saturated rings. The highest BCUT2D eigenvalue weighted by molar-refractivity contribution is 5.83. The fourth-order valence-electron chi connectivity index (χ4n) is 10.7. The first-order valence-corrected chi connectivity index (χ1v) is 33.5. The number of nitrogens with zero attached hydrogens (tertiary/aromatic N) is 2. The molecular weight excluding hydrogens is 1190 g/mol. The number of hydrogen-bond acceptors (Lipinski definition) is 2. The molecule has 0 amide bonds. The molecule has 98 heavy (non-hydrogen) atoms. The number of hydrogen-bond donors (Lipinski definition) is 0. The van der Waals surface area contributed by atoms with Gasteiger partial charge in [0.25, 0.3) is 0 Å². The van der Waals surface area contributed by atoms with Gasteiger partial charge in [0.15, 0.2) is 0 Å².